The maximum Gasteiger partial charge on any atom is 0.323 e. The van der Waals surface area contributed by atoms with Crippen molar-refractivity contribution in [3.63, 3.8) is 0 Å². The predicted octanol–water partition coefficient (Wildman–Crippen LogP) is 4.81. The molecule has 1 aromatic heterocycles. The Labute approximate surface area is 151 Å². The van der Waals surface area contributed by atoms with E-state index < -0.39 is 0 Å². The normalized spacial score (nSPS) is 17.4. The van der Waals surface area contributed by atoms with Crippen molar-refractivity contribution in [2.24, 2.45) is 0 Å². The van der Waals surface area contributed by atoms with E-state index in [-0.39, 0.29) is 12.1 Å². The zero-order valence-corrected chi connectivity index (χ0v) is 15.4. The van der Waals surface area contributed by atoms with Crippen LogP contribution in [0.3, 0.4) is 0 Å². The fraction of sp³-hybridized carbons (Fsp3) is 0.412. The summed E-state index contributed by atoms with van der Waals surface area (Å²) in [5.74, 6) is 0.662. The minimum Gasteiger partial charge on any atom is -0.322 e. The molecule has 3 rings (SSSR count). The van der Waals surface area contributed by atoms with Gasteiger partial charge in [0.1, 0.15) is 5.82 Å². The van der Waals surface area contributed by atoms with Crippen LogP contribution < -0.4 is 5.32 Å². The first-order valence-corrected chi connectivity index (χ1v) is 8.73. The van der Waals surface area contributed by atoms with E-state index in [2.05, 4.69) is 17.3 Å². The molecule has 1 aromatic carbocycles. The van der Waals surface area contributed by atoms with Gasteiger partial charge in [-0.05, 0) is 51.8 Å². The van der Waals surface area contributed by atoms with E-state index in [0.717, 1.165) is 36.3 Å². The van der Waals surface area contributed by atoms with E-state index in [4.69, 9.17) is 23.2 Å². The van der Waals surface area contributed by atoms with Gasteiger partial charge in [0.25, 0.3) is 0 Å². The molecule has 1 saturated heterocycles. The molecule has 1 N–H and O–H groups in total. The molecular formula is C17H20Cl2N4O. The van der Waals surface area contributed by atoms with E-state index >= 15 is 0 Å². The van der Waals surface area contributed by atoms with Gasteiger partial charge in [0.05, 0.1) is 21.4 Å². The molecule has 0 aliphatic carbocycles. The summed E-state index contributed by atoms with van der Waals surface area (Å²) in [5.41, 5.74) is 2.54. The fourth-order valence-electron chi connectivity index (χ4n) is 2.96. The summed E-state index contributed by atoms with van der Waals surface area (Å²) < 4.78 is 1.70. The number of aryl methyl sites for hydroxylation is 1. The van der Waals surface area contributed by atoms with Gasteiger partial charge >= 0.3 is 6.03 Å². The lowest BCUT2D eigenvalue weighted by molar-refractivity contribution is 0.210. The highest BCUT2D eigenvalue weighted by molar-refractivity contribution is 6.42. The number of urea groups is 1. The second-order valence-corrected chi connectivity index (χ2v) is 7.00. The summed E-state index contributed by atoms with van der Waals surface area (Å²) in [6, 6.07) is 5.45. The number of carbonyl (C=O) groups is 1. The molecule has 1 unspecified atom stereocenters. The van der Waals surface area contributed by atoms with Gasteiger partial charge < -0.3 is 4.90 Å². The highest BCUT2D eigenvalue weighted by Crippen LogP contribution is 2.29. The van der Waals surface area contributed by atoms with Crippen molar-refractivity contribution >= 4 is 35.1 Å². The van der Waals surface area contributed by atoms with Crippen molar-refractivity contribution in [2.75, 3.05) is 11.9 Å². The molecule has 2 heterocycles. The van der Waals surface area contributed by atoms with Crippen LogP contribution in [0.1, 0.15) is 31.0 Å². The molecule has 1 atom stereocenters. The first-order valence-electron chi connectivity index (χ1n) is 7.97. The predicted molar refractivity (Wildman–Crippen MR) is 97.5 cm³/mol. The number of hydrogen-bond acceptors (Lipinski definition) is 2. The number of hydrogen-bond donors (Lipinski definition) is 1. The maximum absolute atomic E-state index is 12.6. The number of nitrogens with one attached hydrogen (secondary N) is 1. The Balaban J connectivity index is 1.95. The van der Waals surface area contributed by atoms with Gasteiger partial charge in [-0.2, -0.15) is 5.10 Å². The number of carbonyl (C=O) groups excluding carboxylic acids is 1. The minimum absolute atomic E-state index is 0.0932. The topological polar surface area (TPSA) is 50.2 Å². The largest absolute Gasteiger partial charge is 0.323 e. The number of anilines is 1. The van der Waals surface area contributed by atoms with Crippen LogP contribution in [0.25, 0.3) is 5.69 Å². The van der Waals surface area contributed by atoms with Crippen LogP contribution in [0, 0.1) is 13.8 Å². The van der Waals surface area contributed by atoms with E-state index in [1.807, 2.05) is 24.8 Å². The van der Waals surface area contributed by atoms with Crippen LogP contribution in [0.15, 0.2) is 18.2 Å². The Morgan fingerprint density at radius 3 is 2.67 bits per heavy atom. The Morgan fingerprint density at radius 1 is 1.29 bits per heavy atom. The Kier molecular flexibility index (Phi) is 4.74. The smallest absolute Gasteiger partial charge is 0.322 e. The average molecular weight is 367 g/mol. The van der Waals surface area contributed by atoms with Crippen LogP contribution in [-0.4, -0.2) is 33.3 Å². The molecule has 5 nitrogen and oxygen atoms in total. The number of halogens is 2. The summed E-state index contributed by atoms with van der Waals surface area (Å²) >= 11 is 12.1. The first kappa shape index (κ1) is 17.1. The number of nitrogens with zero attached hydrogens (tertiary/aromatic N) is 3. The quantitative estimate of drug-likeness (QED) is 0.828. The summed E-state index contributed by atoms with van der Waals surface area (Å²) in [6.45, 7) is 6.71. The van der Waals surface area contributed by atoms with E-state index in [1.54, 1.807) is 16.8 Å². The standard InChI is InChI=1S/C17H20Cl2N4O/c1-10-5-4-8-22(10)17(24)20-16-11(2)12(3)21-23(16)13-6-7-14(18)15(19)9-13/h6-7,9-10H,4-5,8H2,1-3H3,(H,20,24). The SMILES string of the molecule is Cc1nn(-c2ccc(Cl)c(Cl)c2)c(NC(=O)N2CCCC2C)c1C. The lowest BCUT2D eigenvalue weighted by Crippen LogP contribution is -2.37. The number of rotatable bonds is 2. The van der Waals surface area contributed by atoms with Crippen molar-refractivity contribution in [3.8, 4) is 5.69 Å². The van der Waals surface area contributed by atoms with Gasteiger partial charge in [0.2, 0.25) is 0 Å². The highest BCUT2D eigenvalue weighted by Gasteiger charge is 2.26. The van der Waals surface area contributed by atoms with Crippen LogP contribution in [-0.2, 0) is 0 Å². The molecule has 0 radical (unpaired) electrons. The Morgan fingerprint density at radius 2 is 2.04 bits per heavy atom. The molecular weight excluding hydrogens is 347 g/mol. The van der Waals surface area contributed by atoms with Gasteiger partial charge in [-0.3, -0.25) is 5.32 Å². The van der Waals surface area contributed by atoms with Gasteiger partial charge in [-0.25, -0.2) is 9.48 Å². The maximum atomic E-state index is 12.6. The number of benzene rings is 1. The van der Waals surface area contributed by atoms with E-state index in [1.165, 1.54) is 0 Å². The zero-order valence-electron chi connectivity index (χ0n) is 13.9. The Bertz CT molecular complexity index is 787. The van der Waals surface area contributed by atoms with Crippen LogP contribution in [0.5, 0.6) is 0 Å². The molecule has 0 saturated carbocycles. The van der Waals surface area contributed by atoms with Crippen molar-refractivity contribution in [1.29, 1.82) is 0 Å². The van der Waals surface area contributed by atoms with E-state index in [9.17, 15) is 4.79 Å². The third-order valence-corrected chi connectivity index (χ3v) is 5.29. The molecule has 1 fully saturated rings. The molecule has 0 spiro atoms. The molecule has 128 valence electrons. The van der Waals surface area contributed by atoms with Crippen molar-refractivity contribution in [2.45, 2.75) is 39.7 Å². The summed E-state index contributed by atoms with van der Waals surface area (Å²) in [6.07, 6.45) is 2.08. The van der Waals surface area contributed by atoms with Gasteiger partial charge in [-0.15, -0.1) is 0 Å². The highest BCUT2D eigenvalue weighted by atomic mass is 35.5. The fourth-order valence-corrected chi connectivity index (χ4v) is 3.26. The third-order valence-electron chi connectivity index (χ3n) is 4.55. The second kappa shape index (κ2) is 6.65. The van der Waals surface area contributed by atoms with Crippen LogP contribution in [0.2, 0.25) is 10.0 Å². The van der Waals surface area contributed by atoms with Crippen molar-refractivity contribution < 1.29 is 4.79 Å². The number of likely N-dealkylation sites (tertiary alicyclic amines) is 1. The molecule has 2 amide bonds. The summed E-state index contributed by atoms with van der Waals surface area (Å²) in [7, 11) is 0. The molecule has 1 aliphatic heterocycles. The zero-order chi connectivity index (χ0) is 17.4. The molecule has 1 aliphatic rings. The minimum atomic E-state index is -0.0932. The van der Waals surface area contributed by atoms with Crippen LogP contribution >= 0.6 is 23.2 Å². The summed E-state index contributed by atoms with van der Waals surface area (Å²) in [4.78, 5) is 14.5. The Hall–Kier alpha value is -1.72. The summed E-state index contributed by atoms with van der Waals surface area (Å²) in [5, 5.41) is 8.48. The van der Waals surface area contributed by atoms with Gasteiger partial charge in [-0.1, -0.05) is 23.2 Å². The van der Waals surface area contributed by atoms with Gasteiger partial charge in [0, 0.05) is 18.2 Å². The monoisotopic (exact) mass is 366 g/mol. The first-order chi connectivity index (χ1) is 11.4. The van der Waals surface area contributed by atoms with Gasteiger partial charge in [0.15, 0.2) is 0 Å². The average Bonchev–Trinajstić information content (AvgIpc) is 3.08. The lowest BCUT2D eigenvalue weighted by atomic mass is 10.2. The second-order valence-electron chi connectivity index (χ2n) is 6.18. The van der Waals surface area contributed by atoms with Crippen molar-refractivity contribution in [3.05, 3.63) is 39.5 Å². The van der Waals surface area contributed by atoms with Crippen LogP contribution in [0.4, 0.5) is 10.6 Å². The molecule has 0 bridgehead atoms. The number of aromatic nitrogens is 2. The van der Waals surface area contributed by atoms with Crippen molar-refractivity contribution in [1.82, 2.24) is 14.7 Å². The number of amides is 2. The lowest BCUT2D eigenvalue weighted by Gasteiger charge is -2.22. The van der Waals surface area contributed by atoms with E-state index in [0.29, 0.717) is 15.9 Å². The molecule has 24 heavy (non-hydrogen) atoms. The molecule has 7 heteroatoms. The molecule has 2 aromatic rings. The third kappa shape index (κ3) is 3.10.